The molecular formula is C78H109F4N15O17. The van der Waals surface area contributed by atoms with Gasteiger partial charge in [0.05, 0.1) is 81.2 Å². The fourth-order valence-electron chi connectivity index (χ4n) is 14.7. The number of aliphatic hydroxyl groups is 1. The number of fused-ring (bicyclic) bond motifs is 1. The van der Waals surface area contributed by atoms with Crippen LogP contribution in [0.5, 0.6) is 23.0 Å². The molecule has 9 saturated heterocycles. The molecule has 9 atom stereocenters. The second kappa shape index (κ2) is 42.7. The monoisotopic (exact) mass is 1600 g/mol. The van der Waals surface area contributed by atoms with Crippen molar-refractivity contribution in [3.63, 3.8) is 0 Å². The highest BCUT2D eigenvalue weighted by Gasteiger charge is 2.39. The Labute approximate surface area is 661 Å². The van der Waals surface area contributed by atoms with E-state index >= 15 is 0 Å². The number of hydrogen-bond acceptors (Lipinski definition) is 24. The Morgan fingerprint density at radius 2 is 0.860 bits per heavy atom. The van der Waals surface area contributed by atoms with Crippen LogP contribution in [0.15, 0.2) is 72.8 Å². The van der Waals surface area contributed by atoms with Gasteiger partial charge in [-0.05, 0) is 133 Å². The van der Waals surface area contributed by atoms with Gasteiger partial charge in [0.2, 0.25) is 23.6 Å². The Kier molecular flexibility index (Phi) is 32.5. The number of benzene rings is 4. The van der Waals surface area contributed by atoms with E-state index < -0.39 is 78.2 Å². The molecule has 9 heterocycles. The summed E-state index contributed by atoms with van der Waals surface area (Å²) in [4.78, 5) is 104. The largest absolute Gasteiger partial charge is 0.489 e. The minimum atomic E-state index is -0.665. The highest BCUT2D eigenvalue weighted by Crippen LogP contribution is 2.34. The van der Waals surface area contributed by atoms with Crippen LogP contribution in [0.4, 0.5) is 59.5 Å². The minimum absolute atomic E-state index is 0.00710. The molecule has 626 valence electrons. The van der Waals surface area contributed by atoms with Crippen LogP contribution in [0.3, 0.4) is 0 Å². The average molecular weight is 1600 g/mol. The predicted octanol–water partition coefficient (Wildman–Crippen LogP) is 4.29. The second-order valence-electron chi connectivity index (χ2n) is 29.5. The number of cyclic esters (lactones) is 4. The lowest BCUT2D eigenvalue weighted by atomic mass is 9.93. The normalized spacial score (nSPS) is 23.2. The molecule has 9 N–H and O–H groups in total. The molecular weight excluding hydrogens is 1490 g/mol. The van der Waals surface area contributed by atoms with E-state index in [1.54, 1.807) is 30.3 Å². The summed E-state index contributed by atoms with van der Waals surface area (Å²) in [7, 11) is 2.06. The summed E-state index contributed by atoms with van der Waals surface area (Å²) in [6.07, 6.45) is 0.723. The Hall–Kier alpha value is -9.56. The number of carbonyl (C=O) groups excluding carboxylic acids is 8. The van der Waals surface area contributed by atoms with Gasteiger partial charge in [0.1, 0.15) is 50.8 Å². The fraction of sp³-hybridized carbons (Fsp3) is 0.590. The van der Waals surface area contributed by atoms with Gasteiger partial charge in [-0.25, -0.2) is 36.7 Å². The van der Waals surface area contributed by atoms with Crippen molar-refractivity contribution in [2.75, 3.05) is 191 Å². The molecule has 4 aromatic rings. The highest BCUT2D eigenvalue weighted by molar-refractivity contribution is 5.92. The number of carbonyl (C=O) groups is 8. The fourth-order valence-corrected chi connectivity index (χ4v) is 14.7. The van der Waals surface area contributed by atoms with Crippen LogP contribution in [0.25, 0.3) is 0 Å². The van der Waals surface area contributed by atoms with E-state index in [0.717, 1.165) is 110 Å². The van der Waals surface area contributed by atoms with Crippen molar-refractivity contribution in [1.82, 2.24) is 57.2 Å². The quantitative estimate of drug-likeness (QED) is 0.0270. The third-order valence-electron chi connectivity index (χ3n) is 21.2. The maximum atomic E-state index is 14.6. The Balaban J connectivity index is 0.000000161. The van der Waals surface area contributed by atoms with Crippen LogP contribution < -0.4 is 81.1 Å². The first-order valence-corrected chi connectivity index (χ1v) is 39.1. The van der Waals surface area contributed by atoms with Crippen LogP contribution in [0, 0.1) is 35.1 Å². The van der Waals surface area contributed by atoms with Crippen molar-refractivity contribution in [3.8, 4) is 23.0 Å². The molecule has 32 nitrogen and oxygen atoms in total. The molecule has 8 amide bonds. The average Bonchev–Trinajstić information content (AvgIpc) is 1.61. The summed E-state index contributed by atoms with van der Waals surface area (Å²) in [5.41, 5.74) is 1.55. The number of piperidine rings is 2. The Morgan fingerprint density at radius 1 is 0.482 bits per heavy atom. The predicted molar refractivity (Wildman–Crippen MR) is 413 cm³/mol. The van der Waals surface area contributed by atoms with Crippen LogP contribution in [-0.2, 0) is 38.1 Å². The molecule has 0 radical (unpaired) electrons. The third-order valence-corrected chi connectivity index (χ3v) is 21.2. The number of nitrogens with one attached hydrogen (secondary N) is 8. The van der Waals surface area contributed by atoms with Gasteiger partial charge in [-0.15, -0.1) is 0 Å². The van der Waals surface area contributed by atoms with Gasteiger partial charge in [0, 0.05) is 128 Å². The summed E-state index contributed by atoms with van der Waals surface area (Å²) in [6, 6.07) is 19.0. The van der Waals surface area contributed by atoms with Gasteiger partial charge in [0.25, 0.3) is 0 Å². The van der Waals surface area contributed by atoms with Crippen molar-refractivity contribution in [3.05, 3.63) is 96.1 Å². The molecule has 13 rings (SSSR count). The molecule has 9 fully saturated rings. The third kappa shape index (κ3) is 25.5. The smallest absolute Gasteiger partial charge is 0.414 e. The van der Waals surface area contributed by atoms with Crippen LogP contribution in [0.2, 0.25) is 0 Å². The van der Waals surface area contributed by atoms with Gasteiger partial charge in [-0.2, -0.15) is 0 Å². The summed E-state index contributed by atoms with van der Waals surface area (Å²) >= 11 is 0. The molecule has 0 bridgehead atoms. The van der Waals surface area contributed by atoms with Crippen molar-refractivity contribution in [1.29, 1.82) is 0 Å². The number of halogens is 4. The number of anilines is 4. The lowest BCUT2D eigenvalue weighted by Gasteiger charge is -2.33. The van der Waals surface area contributed by atoms with Crippen molar-refractivity contribution >= 4 is 70.8 Å². The lowest BCUT2D eigenvalue weighted by Crippen LogP contribution is -2.50. The number of aliphatic hydroxyl groups excluding tert-OH is 1. The van der Waals surface area contributed by atoms with Crippen molar-refractivity contribution < 1.29 is 98.9 Å². The SMILES string of the molecule is CC(=O)NC[C@H]1CN(c2ccc(OCC(O)[C@H]3CCNC3)c(F)c2)C(=O)O1.CC(=O)NC[C@H]1CN(c2ccc(OCCN(C)C3CCNCC3)c(F)c2)C(=O)O1.CC(=O)NC[C@H]1CN(c2ccc(OCCN3CCNCC3C)c(F)c2)C(=O)O1.CC(=O)NC[C@H]1CN(c2ccc(OCCN3CC[C@H]4CCNC[C@H]43)c(F)c2)C(=O)O1. The molecule has 2 unspecified atom stereocenters. The van der Waals surface area contributed by atoms with E-state index in [4.69, 9.17) is 37.9 Å². The minimum Gasteiger partial charge on any atom is -0.489 e. The highest BCUT2D eigenvalue weighted by atomic mass is 19.1. The zero-order chi connectivity index (χ0) is 81.4. The molecule has 9 aliphatic heterocycles. The Morgan fingerprint density at radius 3 is 1.25 bits per heavy atom. The van der Waals surface area contributed by atoms with E-state index in [2.05, 4.69) is 71.2 Å². The number of rotatable bonds is 29. The molecule has 9 aliphatic rings. The molecule has 114 heavy (non-hydrogen) atoms. The number of likely N-dealkylation sites (tertiary alicyclic amines) is 1. The number of likely N-dealkylation sites (N-methyl/N-ethyl adjacent to an activating group) is 1. The molecule has 4 aromatic carbocycles. The van der Waals surface area contributed by atoms with Gasteiger partial charge in [-0.3, -0.25) is 53.5 Å². The number of ether oxygens (including phenoxy) is 8. The zero-order valence-electron chi connectivity index (χ0n) is 65.5. The molecule has 36 heteroatoms. The van der Waals surface area contributed by atoms with Crippen LogP contribution >= 0.6 is 0 Å². The van der Waals surface area contributed by atoms with Crippen LogP contribution in [-0.4, -0.2) is 287 Å². The van der Waals surface area contributed by atoms with Crippen molar-refractivity contribution in [2.24, 2.45) is 11.8 Å². The maximum absolute atomic E-state index is 14.6. The first kappa shape index (κ1) is 86.8. The standard InChI is InChI=1S/C21H29FN4O4.C20H29FN4O4.C19H27FN4O4.C18H24FN3O5/c1-14(27)24-11-17-13-26(21(28)30-17)16-2-3-20(18(22)10-16)29-9-8-25-7-5-15-4-6-23-12-19(15)25;1-14(26)23-12-17-13-25(20(27)29-17)16-3-4-19(18(21)11-16)28-10-9-24(2)15-5-7-22-8-6-15;1-13-10-21-5-6-23(13)7-8-27-18-4-3-15(9-17(18)20)24-12-16(28-19(24)26)11-22-14(2)25;1-11(23)21-8-14-9-22(18(25)27-14)13-2-3-17(15(19)6-13)26-10-16(24)12-4-5-20-7-12/h2-3,10,15,17,19,23H,4-9,11-13H2,1H3,(H,24,27);3-4,11,15,17,22H,5-10,12-13H2,1-2H3,(H,23,26);3-4,9,13,16,21H,5-8,10-12H2,1-2H3,(H,22,25);2-3,6,12,14,16,20,24H,4-5,7-10H2,1H3,(H,21,23)/t15-,17+,19-;17-;13?,16-;12-,14-,16?/m1000/s1. The van der Waals surface area contributed by atoms with E-state index in [1.807, 2.05) is 0 Å². The first-order chi connectivity index (χ1) is 54.8. The topological polar surface area (TPSA) is 350 Å². The first-order valence-electron chi connectivity index (χ1n) is 39.1. The van der Waals surface area contributed by atoms with Crippen LogP contribution in [0.1, 0.15) is 66.7 Å². The van der Waals surface area contributed by atoms with Gasteiger partial charge >= 0.3 is 24.4 Å². The van der Waals surface area contributed by atoms with E-state index in [-0.39, 0.29) is 112 Å². The summed E-state index contributed by atoms with van der Waals surface area (Å²) in [5.74, 6) is -1.60. The second-order valence-corrected chi connectivity index (χ2v) is 29.5. The van der Waals surface area contributed by atoms with E-state index in [9.17, 15) is 61.0 Å². The number of hydrogen-bond donors (Lipinski definition) is 9. The summed E-state index contributed by atoms with van der Waals surface area (Å²) in [6.45, 7) is 22.7. The summed E-state index contributed by atoms with van der Waals surface area (Å²) in [5, 5.41) is 33.8. The van der Waals surface area contributed by atoms with Gasteiger partial charge in [0.15, 0.2) is 46.3 Å². The maximum Gasteiger partial charge on any atom is 0.414 e. The van der Waals surface area contributed by atoms with Crippen molar-refractivity contribution in [2.45, 2.75) is 115 Å². The zero-order valence-corrected chi connectivity index (χ0v) is 65.5. The summed E-state index contributed by atoms with van der Waals surface area (Å²) < 4.78 is 101. The van der Waals surface area contributed by atoms with Gasteiger partial charge < -0.3 is 85.5 Å². The van der Waals surface area contributed by atoms with E-state index in [0.29, 0.717) is 60.7 Å². The Bertz CT molecular complexity index is 3910. The lowest BCUT2D eigenvalue weighted by molar-refractivity contribution is -0.120. The number of amides is 8. The number of piperazine rings is 1. The molecule has 0 aliphatic carbocycles. The molecule has 0 saturated carbocycles. The van der Waals surface area contributed by atoms with E-state index in [1.165, 1.54) is 103 Å². The van der Waals surface area contributed by atoms with Gasteiger partial charge in [-0.1, -0.05) is 0 Å². The molecule has 0 spiro atoms. The molecule has 0 aromatic heterocycles. The number of nitrogens with zero attached hydrogens (tertiary/aromatic N) is 7.